The van der Waals surface area contributed by atoms with E-state index in [1.54, 1.807) is 41.1 Å². The highest BCUT2D eigenvalue weighted by Gasteiger charge is 2.07. The summed E-state index contributed by atoms with van der Waals surface area (Å²) in [6, 6.07) is 9.42. The molecule has 0 bridgehead atoms. The van der Waals surface area contributed by atoms with Gasteiger partial charge >= 0.3 is 0 Å². The molecule has 1 aromatic carbocycles. The number of nitrogens with two attached hydrogens (primary N) is 1. The number of carbonyl (C=O) groups is 1. The lowest BCUT2D eigenvalue weighted by molar-refractivity contribution is 0.1000. The number of benzene rings is 1. The van der Waals surface area contributed by atoms with Gasteiger partial charge in [-0.3, -0.25) is 4.79 Å². The summed E-state index contributed by atoms with van der Waals surface area (Å²) in [7, 11) is 0. The van der Waals surface area contributed by atoms with Crippen molar-refractivity contribution in [2.75, 3.05) is 0 Å². The standard InChI is InChI=1S/C14H10FN3O/c15-11-4-1-9(2-5-11)12-8-18-7-10(14(16)19)3-6-13(18)17-12/h1-8H,(H2,16,19). The molecule has 1 amide bonds. The maximum Gasteiger partial charge on any atom is 0.250 e. The van der Waals surface area contributed by atoms with E-state index in [-0.39, 0.29) is 5.82 Å². The van der Waals surface area contributed by atoms with Crippen molar-refractivity contribution in [2.45, 2.75) is 0 Å². The van der Waals surface area contributed by atoms with Gasteiger partial charge in [-0.15, -0.1) is 0 Å². The lowest BCUT2D eigenvalue weighted by Crippen LogP contribution is -2.11. The first-order valence-corrected chi connectivity index (χ1v) is 5.68. The van der Waals surface area contributed by atoms with Crippen LogP contribution >= 0.6 is 0 Å². The van der Waals surface area contributed by atoms with Crippen molar-refractivity contribution in [2.24, 2.45) is 5.73 Å². The number of aromatic nitrogens is 2. The van der Waals surface area contributed by atoms with Crippen LogP contribution in [-0.2, 0) is 0 Å². The third kappa shape index (κ3) is 2.06. The molecule has 4 nitrogen and oxygen atoms in total. The van der Waals surface area contributed by atoms with Crippen LogP contribution in [0.15, 0.2) is 48.8 Å². The van der Waals surface area contributed by atoms with Crippen molar-refractivity contribution < 1.29 is 9.18 Å². The Hall–Kier alpha value is -2.69. The molecular formula is C14H10FN3O. The highest BCUT2D eigenvalue weighted by molar-refractivity contribution is 5.92. The number of pyridine rings is 1. The van der Waals surface area contributed by atoms with Crippen LogP contribution in [0.5, 0.6) is 0 Å². The summed E-state index contributed by atoms with van der Waals surface area (Å²) in [5.41, 5.74) is 7.86. The molecule has 0 unspecified atom stereocenters. The third-order valence-corrected chi connectivity index (χ3v) is 2.88. The summed E-state index contributed by atoms with van der Waals surface area (Å²) >= 11 is 0. The maximum absolute atomic E-state index is 12.9. The number of primary amides is 1. The molecule has 94 valence electrons. The van der Waals surface area contributed by atoms with E-state index in [4.69, 9.17) is 5.73 Å². The Kier molecular flexibility index (Phi) is 2.52. The average molecular weight is 255 g/mol. The number of amides is 1. The number of carbonyl (C=O) groups excluding carboxylic acids is 1. The lowest BCUT2D eigenvalue weighted by Gasteiger charge is -1.96. The van der Waals surface area contributed by atoms with E-state index in [9.17, 15) is 9.18 Å². The molecule has 2 heterocycles. The van der Waals surface area contributed by atoms with Gasteiger partial charge in [-0.05, 0) is 36.4 Å². The first kappa shape index (κ1) is 11.4. The predicted octanol–water partition coefficient (Wildman–Crippen LogP) is 2.24. The van der Waals surface area contributed by atoms with E-state index in [1.165, 1.54) is 12.1 Å². The van der Waals surface area contributed by atoms with Crippen molar-refractivity contribution in [3.63, 3.8) is 0 Å². The van der Waals surface area contributed by atoms with Crippen LogP contribution in [0, 0.1) is 5.82 Å². The molecule has 3 rings (SSSR count). The van der Waals surface area contributed by atoms with Crippen molar-refractivity contribution in [1.29, 1.82) is 0 Å². The van der Waals surface area contributed by atoms with Crippen LogP contribution in [-0.4, -0.2) is 15.3 Å². The van der Waals surface area contributed by atoms with Crippen LogP contribution in [0.3, 0.4) is 0 Å². The molecule has 0 saturated heterocycles. The van der Waals surface area contributed by atoms with Gasteiger partial charge in [-0.1, -0.05) is 0 Å². The summed E-state index contributed by atoms with van der Waals surface area (Å²) in [6.07, 6.45) is 3.40. The summed E-state index contributed by atoms with van der Waals surface area (Å²) in [4.78, 5) is 15.5. The molecule has 0 radical (unpaired) electrons. The molecule has 3 aromatic rings. The van der Waals surface area contributed by atoms with Gasteiger partial charge in [0.1, 0.15) is 11.5 Å². The second-order valence-corrected chi connectivity index (χ2v) is 4.18. The second kappa shape index (κ2) is 4.20. The van der Waals surface area contributed by atoms with Crippen LogP contribution in [0.1, 0.15) is 10.4 Å². The number of halogens is 1. The highest BCUT2D eigenvalue weighted by atomic mass is 19.1. The molecule has 2 N–H and O–H groups in total. The van der Waals surface area contributed by atoms with Crippen LogP contribution in [0.2, 0.25) is 0 Å². The SMILES string of the molecule is NC(=O)c1ccc2nc(-c3ccc(F)cc3)cn2c1. The number of hydrogen-bond donors (Lipinski definition) is 1. The van der Waals surface area contributed by atoms with E-state index < -0.39 is 5.91 Å². The minimum Gasteiger partial charge on any atom is -0.366 e. The zero-order valence-corrected chi connectivity index (χ0v) is 9.88. The quantitative estimate of drug-likeness (QED) is 0.763. The molecule has 19 heavy (non-hydrogen) atoms. The van der Waals surface area contributed by atoms with Crippen molar-refractivity contribution in [3.8, 4) is 11.3 Å². The van der Waals surface area contributed by atoms with Gasteiger partial charge in [0.2, 0.25) is 5.91 Å². The average Bonchev–Trinajstić information content (AvgIpc) is 2.82. The first-order valence-electron chi connectivity index (χ1n) is 5.68. The molecule has 0 fully saturated rings. The molecule has 0 aliphatic heterocycles. The molecule has 5 heteroatoms. The van der Waals surface area contributed by atoms with Crippen molar-refractivity contribution >= 4 is 11.6 Å². The topological polar surface area (TPSA) is 60.4 Å². The van der Waals surface area contributed by atoms with Gasteiger partial charge in [0.15, 0.2) is 0 Å². The van der Waals surface area contributed by atoms with Crippen molar-refractivity contribution in [3.05, 3.63) is 60.2 Å². The predicted molar refractivity (Wildman–Crippen MR) is 69.1 cm³/mol. The summed E-state index contributed by atoms with van der Waals surface area (Å²) in [5.74, 6) is -0.775. The fourth-order valence-corrected chi connectivity index (χ4v) is 1.90. The number of rotatable bonds is 2. The van der Waals surface area contributed by atoms with E-state index in [1.807, 2.05) is 0 Å². The summed E-state index contributed by atoms with van der Waals surface area (Å²) < 4.78 is 14.6. The number of hydrogen-bond acceptors (Lipinski definition) is 2. The number of fused-ring (bicyclic) bond motifs is 1. The van der Waals surface area contributed by atoms with Crippen LogP contribution in [0.4, 0.5) is 4.39 Å². The zero-order valence-electron chi connectivity index (χ0n) is 9.88. The molecular weight excluding hydrogens is 245 g/mol. The molecule has 0 aliphatic carbocycles. The molecule has 0 atom stereocenters. The molecule has 0 spiro atoms. The third-order valence-electron chi connectivity index (χ3n) is 2.88. The normalized spacial score (nSPS) is 10.8. The minimum absolute atomic E-state index is 0.288. The summed E-state index contributed by atoms with van der Waals surface area (Å²) in [5, 5.41) is 0. The number of nitrogens with zero attached hydrogens (tertiary/aromatic N) is 2. The number of imidazole rings is 1. The van der Waals surface area contributed by atoms with Gasteiger partial charge < -0.3 is 10.1 Å². The Morgan fingerprint density at radius 1 is 1.11 bits per heavy atom. The van der Waals surface area contributed by atoms with Crippen LogP contribution in [0.25, 0.3) is 16.9 Å². The smallest absolute Gasteiger partial charge is 0.250 e. The highest BCUT2D eigenvalue weighted by Crippen LogP contribution is 2.19. The second-order valence-electron chi connectivity index (χ2n) is 4.18. The van der Waals surface area contributed by atoms with Gasteiger partial charge in [0.05, 0.1) is 11.3 Å². The fourth-order valence-electron chi connectivity index (χ4n) is 1.90. The molecule has 0 aliphatic rings. The Morgan fingerprint density at radius 3 is 2.53 bits per heavy atom. The Bertz CT molecular complexity index is 762. The van der Waals surface area contributed by atoms with Gasteiger partial charge in [-0.25, -0.2) is 9.37 Å². The van der Waals surface area contributed by atoms with E-state index in [2.05, 4.69) is 4.98 Å². The fraction of sp³-hybridized carbons (Fsp3) is 0. The first-order chi connectivity index (χ1) is 9.13. The van der Waals surface area contributed by atoms with E-state index in [0.717, 1.165) is 5.56 Å². The van der Waals surface area contributed by atoms with Crippen LogP contribution < -0.4 is 5.73 Å². The van der Waals surface area contributed by atoms with E-state index >= 15 is 0 Å². The molecule has 2 aromatic heterocycles. The monoisotopic (exact) mass is 255 g/mol. The Morgan fingerprint density at radius 2 is 1.84 bits per heavy atom. The van der Waals surface area contributed by atoms with Crippen molar-refractivity contribution in [1.82, 2.24) is 9.38 Å². The largest absolute Gasteiger partial charge is 0.366 e. The van der Waals surface area contributed by atoms with Gasteiger partial charge in [0.25, 0.3) is 0 Å². The van der Waals surface area contributed by atoms with Gasteiger partial charge in [-0.2, -0.15) is 0 Å². The Balaban J connectivity index is 2.11. The lowest BCUT2D eigenvalue weighted by atomic mass is 10.2. The summed E-state index contributed by atoms with van der Waals surface area (Å²) in [6.45, 7) is 0. The zero-order chi connectivity index (χ0) is 13.4. The minimum atomic E-state index is -0.487. The Labute approximate surface area is 108 Å². The maximum atomic E-state index is 12.9. The molecule has 0 saturated carbocycles. The van der Waals surface area contributed by atoms with Gasteiger partial charge in [0, 0.05) is 18.0 Å². The van der Waals surface area contributed by atoms with E-state index in [0.29, 0.717) is 16.9 Å².